The normalized spacial score (nSPS) is 11.3. The molecular weight excluding hydrogens is 426 g/mol. The van der Waals surface area contributed by atoms with Crippen molar-refractivity contribution in [1.82, 2.24) is 0 Å². The summed E-state index contributed by atoms with van der Waals surface area (Å²) in [4.78, 5) is 0. The summed E-state index contributed by atoms with van der Waals surface area (Å²) < 4.78 is 36.3. The van der Waals surface area contributed by atoms with Crippen LogP contribution in [-0.2, 0) is 7.05 Å². The van der Waals surface area contributed by atoms with Crippen molar-refractivity contribution in [3.8, 4) is 22.3 Å². The number of halogens is 1. The first-order valence-corrected chi connectivity index (χ1v) is 11.1. The van der Waals surface area contributed by atoms with Crippen LogP contribution >= 0.6 is 0 Å². The smallest absolute Gasteiger partial charge is 0.213 e. The second kappa shape index (κ2) is 9.04. The Labute approximate surface area is 187 Å². The Kier molecular flexibility index (Phi) is 6.19. The molecule has 6 heteroatoms. The van der Waals surface area contributed by atoms with Crippen molar-refractivity contribution in [2.75, 3.05) is 0 Å². The van der Waals surface area contributed by atoms with Gasteiger partial charge < -0.3 is 0 Å². The molecule has 1 aromatic heterocycles. The number of pyridine rings is 1. The lowest BCUT2D eigenvalue weighted by atomic mass is 9.90. The highest BCUT2D eigenvalue weighted by molar-refractivity contribution is 6.09. The summed E-state index contributed by atoms with van der Waals surface area (Å²) in [5, 5.41) is 2.56. The lowest BCUT2D eigenvalue weighted by Crippen LogP contribution is -2.68. The molecule has 0 aliphatic carbocycles. The third kappa shape index (κ3) is 4.62. The van der Waals surface area contributed by atoms with Crippen molar-refractivity contribution >= 4 is 21.8 Å². The van der Waals surface area contributed by atoms with Crippen molar-refractivity contribution in [2.45, 2.75) is 0 Å². The van der Waals surface area contributed by atoms with Gasteiger partial charge in [-0.1, -0.05) is 78.9 Å². The van der Waals surface area contributed by atoms with Crippen molar-refractivity contribution in [3.63, 3.8) is 0 Å². The molecule has 1 heterocycles. The van der Waals surface area contributed by atoms with E-state index >= 15 is 0 Å². The summed E-state index contributed by atoms with van der Waals surface area (Å²) in [7, 11) is -2.79. The molecule has 0 bridgehead atoms. The topological polar surface area (TPSA) is 96.1 Å². The molecule has 0 unspecified atom stereocenters. The molecule has 32 heavy (non-hydrogen) atoms. The minimum atomic E-state index is -4.94. The van der Waals surface area contributed by atoms with E-state index in [0.29, 0.717) is 0 Å². The Morgan fingerprint density at radius 3 is 1.47 bits per heavy atom. The van der Waals surface area contributed by atoms with E-state index in [1.807, 2.05) is 0 Å². The largest absolute Gasteiger partial charge is 0.222 e. The van der Waals surface area contributed by atoms with Crippen LogP contribution in [0.3, 0.4) is 0 Å². The molecule has 5 rings (SSSR count). The van der Waals surface area contributed by atoms with Gasteiger partial charge in [0, 0.05) is 17.7 Å². The average molecular weight is 446 g/mol. The summed E-state index contributed by atoms with van der Waals surface area (Å²) in [5.74, 6) is 0. The van der Waals surface area contributed by atoms with E-state index in [4.69, 9.17) is 18.6 Å². The summed E-state index contributed by atoms with van der Waals surface area (Å²) in [5.41, 5.74) is 7.58. The number of aryl methyl sites for hydroxylation is 1. The Hall–Kier alpha value is -3.32. The Bertz CT molecular complexity index is 1320. The maximum atomic E-state index is 8.49. The summed E-state index contributed by atoms with van der Waals surface area (Å²) in [6.07, 6.45) is 0. The van der Waals surface area contributed by atoms with Gasteiger partial charge in [-0.3, -0.25) is 0 Å². The Morgan fingerprint density at radius 1 is 0.531 bits per heavy atom. The predicted molar refractivity (Wildman–Crippen MR) is 114 cm³/mol. The fourth-order valence-electron chi connectivity index (χ4n) is 4.09. The van der Waals surface area contributed by atoms with Crippen LogP contribution in [0.1, 0.15) is 0 Å². The molecule has 0 amide bonds. The molecule has 0 aliphatic rings. The van der Waals surface area contributed by atoms with Gasteiger partial charge in [0.1, 0.15) is 7.05 Å². The third-order valence-electron chi connectivity index (χ3n) is 5.35. The number of nitrogens with zero attached hydrogens (tertiary/aromatic N) is 1. The van der Waals surface area contributed by atoms with Crippen LogP contribution in [-0.4, -0.2) is 0 Å². The van der Waals surface area contributed by atoms with Crippen LogP contribution in [0.15, 0.2) is 103 Å². The van der Waals surface area contributed by atoms with E-state index < -0.39 is 10.2 Å². The monoisotopic (exact) mass is 445 g/mol. The predicted octanol–water partition coefficient (Wildman–Crippen LogP) is 1.40. The number of para-hydroxylation sites is 2. The van der Waals surface area contributed by atoms with E-state index in [-0.39, 0.29) is 0 Å². The molecule has 0 radical (unpaired) electrons. The van der Waals surface area contributed by atoms with Gasteiger partial charge in [-0.25, -0.2) is 18.6 Å². The minimum absolute atomic E-state index is 1.24. The quantitative estimate of drug-likeness (QED) is 0.303. The molecule has 4 aromatic carbocycles. The Balaban J connectivity index is 0.000000444. The third-order valence-corrected chi connectivity index (χ3v) is 5.35. The summed E-state index contributed by atoms with van der Waals surface area (Å²) in [6, 6.07) is 36.8. The van der Waals surface area contributed by atoms with E-state index in [2.05, 4.69) is 115 Å². The van der Waals surface area contributed by atoms with E-state index in [1.54, 1.807) is 0 Å². The molecule has 0 saturated carbocycles. The number of hydrogen-bond acceptors (Lipinski definition) is 4. The van der Waals surface area contributed by atoms with Gasteiger partial charge in [0.05, 0.1) is 10.8 Å². The van der Waals surface area contributed by atoms with Crippen LogP contribution < -0.4 is 23.2 Å². The van der Waals surface area contributed by atoms with E-state index in [0.717, 1.165) is 0 Å². The maximum Gasteiger partial charge on any atom is 0.213 e. The van der Waals surface area contributed by atoms with Gasteiger partial charge in [0.2, 0.25) is 11.0 Å². The van der Waals surface area contributed by atoms with Crippen molar-refractivity contribution in [2.24, 2.45) is 7.05 Å². The van der Waals surface area contributed by atoms with Crippen molar-refractivity contribution in [1.29, 1.82) is 0 Å². The molecule has 160 valence electrons. The van der Waals surface area contributed by atoms with E-state index in [9.17, 15) is 0 Å². The number of hydrogen-bond donors (Lipinski definition) is 0. The molecular formula is C26H20ClNO4. The zero-order valence-corrected chi connectivity index (χ0v) is 18.0. The van der Waals surface area contributed by atoms with Gasteiger partial charge in [-0.15, -0.1) is 10.2 Å². The molecule has 0 aliphatic heterocycles. The highest BCUT2D eigenvalue weighted by Gasteiger charge is 2.20. The molecule has 0 spiro atoms. The van der Waals surface area contributed by atoms with Crippen LogP contribution in [0, 0.1) is 10.2 Å². The molecule has 0 saturated heterocycles. The van der Waals surface area contributed by atoms with Crippen molar-refractivity contribution < 1.29 is 33.4 Å². The first-order valence-electron chi connectivity index (χ1n) is 9.90. The van der Waals surface area contributed by atoms with Crippen LogP contribution in [0.2, 0.25) is 0 Å². The standard InChI is InChI=1S/C26H20N.ClHO4/c1-27-24-17-9-7-15-22(24)26(23-16-8-10-18-25(23)27)21-14-6-5-13-20(21)19-11-3-2-4-12-19;2-1(3,4)5/h2-18H,1H3;(H,2,3,4,5)/q+1;/p-1. The zero-order chi connectivity index (χ0) is 22.7. The minimum Gasteiger partial charge on any atom is -0.222 e. The number of benzene rings is 4. The summed E-state index contributed by atoms with van der Waals surface area (Å²) >= 11 is 0. The molecule has 5 aromatic rings. The second-order valence-corrected chi connectivity index (χ2v) is 8.01. The Morgan fingerprint density at radius 2 is 0.938 bits per heavy atom. The number of rotatable bonds is 2. The van der Waals surface area contributed by atoms with Crippen LogP contribution in [0.4, 0.5) is 0 Å². The molecule has 0 atom stereocenters. The molecule has 0 N–H and O–H groups in total. The first kappa shape index (κ1) is 21.9. The highest BCUT2D eigenvalue weighted by Crippen LogP contribution is 2.39. The highest BCUT2D eigenvalue weighted by atomic mass is 35.7. The fourth-order valence-corrected chi connectivity index (χ4v) is 4.09. The fraction of sp³-hybridized carbons (Fsp3) is 0.0385. The summed E-state index contributed by atoms with van der Waals surface area (Å²) in [6.45, 7) is 0. The van der Waals surface area contributed by atoms with Gasteiger partial charge in [-0.2, -0.15) is 4.57 Å². The van der Waals surface area contributed by atoms with Crippen LogP contribution in [0.25, 0.3) is 44.1 Å². The SMILES string of the molecule is C[n+]1c2ccccc2c(-c2ccccc2-c2ccccc2)c2ccccc21.[O-][Cl+3]([O-])([O-])[O-]. The van der Waals surface area contributed by atoms with Crippen molar-refractivity contribution in [3.05, 3.63) is 103 Å². The van der Waals surface area contributed by atoms with Crippen LogP contribution in [0.5, 0.6) is 0 Å². The first-order chi connectivity index (χ1) is 15.3. The maximum absolute atomic E-state index is 8.49. The van der Waals surface area contributed by atoms with Gasteiger partial charge in [-0.05, 0) is 28.8 Å². The van der Waals surface area contributed by atoms with E-state index in [1.165, 1.54) is 44.1 Å². The average Bonchev–Trinajstić information content (AvgIpc) is 2.79. The number of aromatic nitrogens is 1. The number of fused-ring (bicyclic) bond motifs is 2. The lowest BCUT2D eigenvalue weighted by Gasteiger charge is -2.17. The van der Waals surface area contributed by atoms with Gasteiger partial charge in [0.15, 0.2) is 0 Å². The van der Waals surface area contributed by atoms with Gasteiger partial charge >= 0.3 is 0 Å². The molecule has 0 fully saturated rings. The zero-order valence-electron chi connectivity index (χ0n) is 17.3. The molecule has 5 nitrogen and oxygen atoms in total. The second-order valence-electron chi connectivity index (χ2n) is 7.26. The van der Waals surface area contributed by atoms with Gasteiger partial charge in [0.25, 0.3) is 0 Å². The lowest BCUT2D eigenvalue weighted by molar-refractivity contribution is -2.00.